The number of aryl methyl sites for hydroxylation is 3. The van der Waals surface area contributed by atoms with Crippen molar-refractivity contribution in [1.82, 2.24) is 4.98 Å². The van der Waals surface area contributed by atoms with Crippen LogP contribution in [-0.2, 0) is 14.3 Å². The number of pyridine rings is 1. The van der Waals surface area contributed by atoms with Crippen LogP contribution in [0.3, 0.4) is 0 Å². The Morgan fingerprint density at radius 1 is 0.889 bits per heavy atom. The molecule has 45 heavy (non-hydrogen) atoms. The maximum atomic E-state index is 13.4. The van der Waals surface area contributed by atoms with Crippen LogP contribution in [0.1, 0.15) is 50.2 Å². The minimum absolute atomic E-state index is 0.125. The molecule has 0 spiro atoms. The highest BCUT2D eigenvalue weighted by Gasteiger charge is 2.52. The number of amides is 2. The number of nitrogens with zero attached hydrogens (tertiary/aromatic N) is 2. The van der Waals surface area contributed by atoms with E-state index in [1.165, 1.54) is 4.90 Å². The second-order valence-corrected chi connectivity index (χ2v) is 14.5. The van der Waals surface area contributed by atoms with E-state index in [0.717, 1.165) is 11.1 Å². The fourth-order valence-electron chi connectivity index (χ4n) is 6.06. The molecule has 230 valence electrons. The molecule has 6 rings (SSSR count). The number of imide groups is 1. The molecule has 0 bridgehead atoms. The van der Waals surface area contributed by atoms with Crippen LogP contribution in [0.25, 0.3) is 22.2 Å². The number of fused-ring (bicyclic) bond motifs is 2. The lowest BCUT2D eigenvalue weighted by Gasteiger charge is -2.29. The van der Waals surface area contributed by atoms with Crippen molar-refractivity contribution in [2.24, 2.45) is 11.8 Å². The van der Waals surface area contributed by atoms with Gasteiger partial charge in [0.1, 0.15) is 0 Å². The second kappa shape index (κ2) is 12.4. The van der Waals surface area contributed by atoms with E-state index < -0.39 is 12.6 Å². The van der Waals surface area contributed by atoms with E-state index in [1.807, 2.05) is 26.8 Å². The van der Waals surface area contributed by atoms with Gasteiger partial charge in [-0.3, -0.25) is 19.3 Å². The predicted molar refractivity (Wildman–Crippen MR) is 182 cm³/mol. The Hall–Kier alpha value is -3.40. The number of anilines is 1. The minimum Gasteiger partial charge on any atom is -0.454 e. The van der Waals surface area contributed by atoms with Crippen LogP contribution < -0.4 is 4.90 Å². The number of alkyl halides is 2. The van der Waals surface area contributed by atoms with Gasteiger partial charge >= 0.3 is 5.97 Å². The van der Waals surface area contributed by atoms with Crippen molar-refractivity contribution < 1.29 is 23.9 Å². The highest BCUT2D eigenvalue weighted by Crippen LogP contribution is 2.44. The zero-order chi connectivity index (χ0) is 32.2. The van der Waals surface area contributed by atoms with Crippen molar-refractivity contribution in [2.45, 2.75) is 43.3 Å². The molecule has 3 aromatic carbocycles. The third kappa shape index (κ3) is 5.86. The number of aromatic nitrogens is 1. The summed E-state index contributed by atoms with van der Waals surface area (Å²) < 4.78 is 5.52. The molecule has 0 N–H and O–H groups in total. The van der Waals surface area contributed by atoms with Crippen LogP contribution in [0.15, 0.2) is 60.7 Å². The molecule has 2 aliphatic rings. The number of hydrogen-bond donors (Lipinski definition) is 0. The van der Waals surface area contributed by atoms with Crippen molar-refractivity contribution in [3.8, 4) is 11.3 Å². The lowest BCUT2D eigenvalue weighted by Crippen LogP contribution is -2.34. The molecule has 2 fully saturated rings. The first-order chi connectivity index (χ1) is 21.4. The zero-order valence-corrected chi connectivity index (χ0v) is 28.7. The number of carbonyl (C=O) groups is 4. The Balaban J connectivity index is 1.29. The molecule has 7 nitrogen and oxygen atoms in total. The van der Waals surface area contributed by atoms with E-state index in [0.29, 0.717) is 56.8 Å². The number of carbonyl (C=O) groups excluding carboxylic acids is 4. The van der Waals surface area contributed by atoms with Crippen LogP contribution in [0.4, 0.5) is 5.69 Å². The summed E-state index contributed by atoms with van der Waals surface area (Å²) in [6.45, 7) is 5.30. The molecule has 1 aliphatic carbocycles. The maximum Gasteiger partial charge on any atom is 0.339 e. The third-order valence-electron chi connectivity index (χ3n) is 8.88. The molecule has 4 atom stereocenters. The normalized spacial score (nSPS) is 21.2. The molecule has 2 amide bonds. The number of esters is 1. The van der Waals surface area contributed by atoms with Gasteiger partial charge < -0.3 is 4.74 Å². The number of ketones is 1. The lowest BCUT2D eigenvalue weighted by atomic mass is 9.81. The number of halogens is 3. The van der Waals surface area contributed by atoms with Gasteiger partial charge in [0.05, 0.1) is 34.3 Å². The largest absolute Gasteiger partial charge is 0.454 e. The summed E-state index contributed by atoms with van der Waals surface area (Å²) in [6.07, 6.45) is 1.19. The molecular formula is C35H29Br2ClN2O5. The number of hydrogen-bond acceptors (Lipinski definition) is 6. The van der Waals surface area contributed by atoms with Crippen molar-refractivity contribution in [3.05, 3.63) is 93.5 Å². The standard InChI is InChI=1S/C35H29Br2ClN2O5/c1-17-4-5-21(12-18(17)2)31(41)16-45-35(44)26-15-30(39-32-19(3)29(38)11-10-23(26)32)20-6-8-22(9-7-20)40-33(42)24-13-27(36)28(37)14-25(24)34(40)43/h4-12,15,24-25,27-28H,13-14,16H2,1-3H3. The highest BCUT2D eigenvalue weighted by molar-refractivity contribution is 9.12. The lowest BCUT2D eigenvalue weighted by molar-refractivity contribution is -0.122. The molecule has 2 heterocycles. The van der Waals surface area contributed by atoms with Gasteiger partial charge in [-0.05, 0) is 80.6 Å². The van der Waals surface area contributed by atoms with E-state index in [1.54, 1.807) is 54.6 Å². The molecule has 1 aliphatic heterocycles. The molecule has 1 saturated carbocycles. The maximum absolute atomic E-state index is 13.4. The first-order valence-electron chi connectivity index (χ1n) is 14.6. The van der Waals surface area contributed by atoms with E-state index >= 15 is 0 Å². The number of ether oxygens (including phenoxy) is 1. The van der Waals surface area contributed by atoms with E-state index in [2.05, 4.69) is 31.9 Å². The average Bonchev–Trinajstić information content (AvgIpc) is 3.26. The van der Waals surface area contributed by atoms with Gasteiger partial charge in [0.25, 0.3) is 0 Å². The summed E-state index contributed by atoms with van der Waals surface area (Å²) in [7, 11) is 0. The monoisotopic (exact) mass is 750 g/mol. The van der Waals surface area contributed by atoms with Crippen LogP contribution in [0.2, 0.25) is 5.02 Å². The number of benzene rings is 3. The number of Topliss-reactive ketones (excluding diaryl/α,β-unsaturated/α-hetero) is 1. The van der Waals surface area contributed by atoms with Gasteiger partial charge in [0.15, 0.2) is 12.4 Å². The van der Waals surface area contributed by atoms with E-state index in [4.69, 9.17) is 21.3 Å². The van der Waals surface area contributed by atoms with Gasteiger partial charge in [-0.1, -0.05) is 73.8 Å². The molecule has 10 heteroatoms. The fraction of sp³-hybridized carbons (Fsp3) is 0.286. The van der Waals surface area contributed by atoms with Crippen LogP contribution >= 0.6 is 43.5 Å². The molecule has 0 radical (unpaired) electrons. The summed E-state index contributed by atoms with van der Waals surface area (Å²) in [4.78, 5) is 59.2. The van der Waals surface area contributed by atoms with Crippen molar-refractivity contribution in [2.75, 3.05) is 11.5 Å². The number of rotatable bonds is 6. The third-order valence-corrected chi connectivity index (χ3v) is 12.0. The predicted octanol–water partition coefficient (Wildman–Crippen LogP) is 7.95. The smallest absolute Gasteiger partial charge is 0.339 e. The van der Waals surface area contributed by atoms with Gasteiger partial charge in [-0.15, -0.1) is 0 Å². The van der Waals surface area contributed by atoms with Crippen LogP contribution in [0, 0.1) is 32.6 Å². The van der Waals surface area contributed by atoms with E-state index in [9.17, 15) is 19.2 Å². The quantitative estimate of drug-likeness (QED) is 0.0860. The van der Waals surface area contributed by atoms with E-state index in [-0.39, 0.29) is 44.7 Å². The second-order valence-electron chi connectivity index (χ2n) is 11.7. The Morgan fingerprint density at radius 2 is 1.53 bits per heavy atom. The Bertz CT molecular complexity index is 1870. The van der Waals surface area contributed by atoms with Gasteiger partial charge in [-0.2, -0.15) is 0 Å². The first-order valence-corrected chi connectivity index (χ1v) is 16.8. The van der Waals surface area contributed by atoms with Gasteiger partial charge in [-0.25, -0.2) is 9.78 Å². The molecule has 1 aromatic heterocycles. The first kappa shape index (κ1) is 31.6. The van der Waals surface area contributed by atoms with Gasteiger partial charge in [0.2, 0.25) is 11.8 Å². The van der Waals surface area contributed by atoms with Crippen LogP contribution in [-0.4, -0.2) is 44.8 Å². The Kier molecular flexibility index (Phi) is 8.71. The topological polar surface area (TPSA) is 93.6 Å². The summed E-state index contributed by atoms with van der Waals surface area (Å²) in [6, 6.07) is 17.4. The Labute approximate surface area is 282 Å². The SMILES string of the molecule is Cc1ccc(C(=O)COC(=O)c2cc(-c3ccc(N4C(=O)C5CC(Br)C(Br)CC5C4=O)cc3)nc3c(C)c(Cl)ccc23)cc1C. The summed E-state index contributed by atoms with van der Waals surface area (Å²) >= 11 is 13.7. The minimum atomic E-state index is -0.662. The van der Waals surface area contributed by atoms with Crippen molar-refractivity contribution in [1.29, 1.82) is 0 Å². The Morgan fingerprint density at radius 3 is 2.16 bits per heavy atom. The average molecular weight is 753 g/mol. The summed E-state index contributed by atoms with van der Waals surface area (Å²) in [5.41, 5.74) is 5.62. The molecular weight excluding hydrogens is 724 g/mol. The molecule has 1 saturated heterocycles. The van der Waals surface area contributed by atoms with Crippen LogP contribution in [0.5, 0.6) is 0 Å². The zero-order valence-electron chi connectivity index (χ0n) is 24.8. The summed E-state index contributed by atoms with van der Waals surface area (Å²) in [5.74, 6) is -2.03. The fourth-order valence-corrected chi connectivity index (χ4v) is 7.45. The highest BCUT2D eigenvalue weighted by atomic mass is 79.9. The molecule has 4 unspecified atom stereocenters. The molecule has 4 aromatic rings. The van der Waals surface area contributed by atoms with Crippen molar-refractivity contribution in [3.63, 3.8) is 0 Å². The summed E-state index contributed by atoms with van der Waals surface area (Å²) in [5, 5.41) is 1.04. The van der Waals surface area contributed by atoms with Crippen molar-refractivity contribution >= 4 is 83.6 Å². The van der Waals surface area contributed by atoms with Gasteiger partial charge in [0, 0.05) is 31.2 Å².